The predicted molar refractivity (Wildman–Crippen MR) is 158 cm³/mol. The van der Waals surface area contributed by atoms with Crippen LogP contribution in [0.2, 0.25) is 18.1 Å². The fourth-order valence-electron chi connectivity index (χ4n) is 4.73. The highest BCUT2D eigenvalue weighted by atomic mass is 28.4. The molecule has 2 rings (SSSR count). The molecular weight excluding hydrogens is 508 g/mol. The summed E-state index contributed by atoms with van der Waals surface area (Å²) in [5, 5.41) is 0.0352. The molecule has 3 unspecified atom stereocenters. The molecule has 0 bridgehead atoms. The van der Waals surface area contributed by atoms with E-state index in [2.05, 4.69) is 57.9 Å². The number of hydrogen-bond donors (Lipinski definition) is 0. The summed E-state index contributed by atoms with van der Waals surface area (Å²) in [4.78, 5) is 25.4. The number of benzene rings is 1. The zero-order chi connectivity index (χ0) is 29.1. The first-order chi connectivity index (χ1) is 18.5. The van der Waals surface area contributed by atoms with Crippen molar-refractivity contribution in [2.45, 2.75) is 103 Å². The first-order valence-electron chi connectivity index (χ1n) is 14.0. The van der Waals surface area contributed by atoms with Gasteiger partial charge in [0, 0.05) is 37.9 Å². The Morgan fingerprint density at radius 1 is 1.18 bits per heavy atom. The largest absolute Gasteiger partial charge is 0.469 e. The third-order valence-corrected chi connectivity index (χ3v) is 12.4. The van der Waals surface area contributed by atoms with Crippen molar-refractivity contribution in [3.05, 3.63) is 41.5 Å². The Kier molecular flexibility index (Phi) is 13.0. The first kappa shape index (κ1) is 32.8. The van der Waals surface area contributed by atoms with Gasteiger partial charge in [0.25, 0.3) is 0 Å². The van der Waals surface area contributed by atoms with E-state index in [9.17, 15) is 9.59 Å². The van der Waals surface area contributed by atoms with Gasteiger partial charge in [-0.25, -0.2) is 0 Å². The van der Waals surface area contributed by atoms with Crippen molar-refractivity contribution in [2.75, 3.05) is 21.0 Å². The number of ketones is 1. The lowest BCUT2D eigenvalue weighted by molar-refractivity contribution is -0.140. The molecule has 216 valence electrons. The van der Waals surface area contributed by atoms with E-state index in [0.29, 0.717) is 31.4 Å². The molecule has 6 nitrogen and oxygen atoms in total. The SMILES string of the molecule is CC#CCCC/C=C/C1C(O[Si](C)(C)C(C)(C)C)CC(=O)C1c1cccc(CCCC(=O)OC)c1OCOC. The van der Waals surface area contributed by atoms with Crippen LogP contribution in [-0.2, 0) is 29.9 Å². The van der Waals surface area contributed by atoms with Gasteiger partial charge in [-0.2, -0.15) is 0 Å². The maximum atomic E-state index is 13.7. The fraction of sp³-hybridized carbons (Fsp3) is 0.625. The summed E-state index contributed by atoms with van der Waals surface area (Å²) < 4.78 is 23.0. The standard InChI is InChI=1S/C32H48O6Si/c1-9-10-11-12-13-14-19-25-28(38-39(7,8)32(2,3)4)22-27(33)30(25)26-20-15-17-24(31(26)37-23-35-5)18-16-21-29(34)36-6/h14-15,17,19-20,25,28,30H,11-13,16,18,21-23H2,1-8H3/b19-14+. The number of Topliss-reactive ketones (excluding diaryl/α,β-unsaturated/α-hetero) is 1. The summed E-state index contributed by atoms with van der Waals surface area (Å²) in [6.07, 6.45) is 8.89. The van der Waals surface area contributed by atoms with Crippen molar-refractivity contribution in [2.24, 2.45) is 5.92 Å². The molecule has 1 saturated carbocycles. The summed E-state index contributed by atoms with van der Waals surface area (Å²) in [6.45, 7) is 13.1. The number of rotatable bonds is 14. The molecule has 0 amide bonds. The zero-order valence-electron chi connectivity index (χ0n) is 25.2. The summed E-state index contributed by atoms with van der Waals surface area (Å²) in [6, 6.07) is 5.96. The number of ether oxygens (including phenoxy) is 3. The van der Waals surface area contributed by atoms with Gasteiger partial charge in [-0.15, -0.1) is 11.8 Å². The number of para-hydroxylation sites is 1. The van der Waals surface area contributed by atoms with Crippen LogP contribution < -0.4 is 4.74 Å². The molecular formula is C32H48O6Si. The van der Waals surface area contributed by atoms with E-state index in [1.54, 1.807) is 7.11 Å². The molecule has 0 spiro atoms. The third-order valence-electron chi connectivity index (χ3n) is 7.86. The molecule has 1 fully saturated rings. The van der Waals surface area contributed by atoms with Gasteiger partial charge in [-0.1, -0.05) is 51.1 Å². The molecule has 1 aromatic rings. The highest BCUT2D eigenvalue weighted by Crippen LogP contribution is 2.47. The average Bonchev–Trinajstić information content (AvgIpc) is 3.17. The van der Waals surface area contributed by atoms with E-state index in [1.165, 1.54) is 7.11 Å². The number of carbonyl (C=O) groups excluding carboxylic acids is 2. The second-order valence-electron chi connectivity index (χ2n) is 11.7. The second-order valence-corrected chi connectivity index (χ2v) is 16.5. The fourth-order valence-corrected chi connectivity index (χ4v) is 6.09. The van der Waals surface area contributed by atoms with Crippen LogP contribution in [0.5, 0.6) is 5.75 Å². The van der Waals surface area contributed by atoms with Gasteiger partial charge in [0.2, 0.25) is 0 Å². The van der Waals surface area contributed by atoms with Crippen LogP contribution in [0.4, 0.5) is 0 Å². The van der Waals surface area contributed by atoms with E-state index in [1.807, 2.05) is 25.1 Å². The second kappa shape index (κ2) is 15.4. The van der Waals surface area contributed by atoms with Crippen LogP contribution in [0.1, 0.15) is 83.3 Å². The van der Waals surface area contributed by atoms with Gasteiger partial charge in [0.1, 0.15) is 11.5 Å². The molecule has 0 heterocycles. The normalized spacial score (nSPS) is 19.7. The molecule has 3 atom stereocenters. The van der Waals surface area contributed by atoms with E-state index in [0.717, 1.165) is 30.4 Å². The van der Waals surface area contributed by atoms with Gasteiger partial charge in [0.05, 0.1) is 19.1 Å². The lowest BCUT2D eigenvalue weighted by atomic mass is 9.85. The number of carbonyl (C=O) groups is 2. The maximum Gasteiger partial charge on any atom is 0.305 e. The van der Waals surface area contributed by atoms with E-state index in [-0.39, 0.29) is 41.5 Å². The minimum absolute atomic E-state index is 0.0352. The highest BCUT2D eigenvalue weighted by Gasteiger charge is 2.48. The molecule has 1 aliphatic rings. The Labute approximate surface area is 237 Å². The number of allylic oxidation sites excluding steroid dienone is 1. The Bertz CT molecular complexity index is 1040. The quantitative estimate of drug-likeness (QED) is 0.0615. The number of unbranched alkanes of at least 4 members (excludes halogenated alkanes) is 2. The number of esters is 1. The van der Waals surface area contributed by atoms with Crippen LogP contribution in [0, 0.1) is 17.8 Å². The summed E-state index contributed by atoms with van der Waals surface area (Å²) in [5.74, 6) is 6.20. The third kappa shape index (κ3) is 9.34. The van der Waals surface area contributed by atoms with Crippen molar-refractivity contribution in [3.63, 3.8) is 0 Å². The number of methoxy groups -OCH3 is 2. The average molecular weight is 557 g/mol. The van der Waals surface area contributed by atoms with Crippen molar-refractivity contribution >= 4 is 20.1 Å². The van der Waals surface area contributed by atoms with Crippen LogP contribution in [0.15, 0.2) is 30.4 Å². The molecule has 0 saturated heterocycles. The summed E-state index contributed by atoms with van der Waals surface area (Å²) in [7, 11) is 0.865. The molecule has 1 aliphatic carbocycles. The zero-order valence-corrected chi connectivity index (χ0v) is 26.2. The van der Waals surface area contributed by atoms with E-state index < -0.39 is 8.32 Å². The monoisotopic (exact) mass is 556 g/mol. The Morgan fingerprint density at radius 2 is 1.92 bits per heavy atom. The summed E-state index contributed by atoms with van der Waals surface area (Å²) in [5.41, 5.74) is 1.82. The van der Waals surface area contributed by atoms with Gasteiger partial charge < -0.3 is 18.6 Å². The Hall–Kier alpha value is -2.40. The van der Waals surface area contributed by atoms with Crippen LogP contribution in [0.3, 0.4) is 0 Å². The number of hydrogen-bond acceptors (Lipinski definition) is 6. The minimum Gasteiger partial charge on any atom is -0.469 e. The molecule has 0 radical (unpaired) electrons. The van der Waals surface area contributed by atoms with Crippen molar-refractivity contribution in [3.8, 4) is 17.6 Å². The van der Waals surface area contributed by atoms with Gasteiger partial charge in [0.15, 0.2) is 15.1 Å². The van der Waals surface area contributed by atoms with Crippen LogP contribution in [-0.4, -0.2) is 47.2 Å². The Morgan fingerprint density at radius 3 is 2.56 bits per heavy atom. The van der Waals surface area contributed by atoms with Gasteiger partial charge >= 0.3 is 5.97 Å². The van der Waals surface area contributed by atoms with Crippen LogP contribution in [0.25, 0.3) is 0 Å². The summed E-state index contributed by atoms with van der Waals surface area (Å²) >= 11 is 0. The van der Waals surface area contributed by atoms with E-state index in [4.69, 9.17) is 18.6 Å². The first-order valence-corrected chi connectivity index (χ1v) is 16.9. The van der Waals surface area contributed by atoms with E-state index >= 15 is 0 Å². The molecule has 0 aromatic heterocycles. The predicted octanol–water partition coefficient (Wildman–Crippen LogP) is 6.98. The van der Waals surface area contributed by atoms with Crippen LogP contribution >= 0.6 is 0 Å². The van der Waals surface area contributed by atoms with Crippen molar-refractivity contribution < 1.29 is 28.2 Å². The smallest absolute Gasteiger partial charge is 0.305 e. The molecule has 1 aromatic carbocycles. The topological polar surface area (TPSA) is 71.1 Å². The maximum absolute atomic E-state index is 13.7. The molecule has 0 aliphatic heterocycles. The van der Waals surface area contributed by atoms with Gasteiger partial charge in [-0.05, 0) is 56.3 Å². The van der Waals surface area contributed by atoms with Crippen molar-refractivity contribution in [1.82, 2.24) is 0 Å². The molecule has 7 heteroatoms. The van der Waals surface area contributed by atoms with Gasteiger partial charge in [-0.3, -0.25) is 9.59 Å². The number of aryl methyl sites for hydroxylation is 1. The lowest BCUT2D eigenvalue weighted by Crippen LogP contribution is -2.44. The minimum atomic E-state index is -2.11. The molecule has 0 N–H and O–H groups in total. The highest BCUT2D eigenvalue weighted by molar-refractivity contribution is 6.74. The van der Waals surface area contributed by atoms with Crippen molar-refractivity contribution in [1.29, 1.82) is 0 Å². The Balaban J connectivity index is 2.46. The lowest BCUT2D eigenvalue weighted by Gasteiger charge is -2.39. The molecule has 39 heavy (non-hydrogen) atoms.